The second-order valence-corrected chi connectivity index (χ2v) is 8.98. The van der Waals surface area contributed by atoms with Crippen LogP contribution in [0.3, 0.4) is 0 Å². The number of hydrogen-bond donors (Lipinski definition) is 2. The summed E-state index contributed by atoms with van der Waals surface area (Å²) in [4.78, 5) is 12.5. The highest BCUT2D eigenvalue weighted by Crippen LogP contribution is 2.22. The van der Waals surface area contributed by atoms with Crippen LogP contribution in [0.4, 0.5) is 5.69 Å². The Kier molecular flexibility index (Phi) is 7.34. The number of carbonyl (C=O) groups is 1. The van der Waals surface area contributed by atoms with Gasteiger partial charge in [-0.15, -0.1) is 0 Å². The number of nitrogens with zero attached hydrogens (tertiary/aromatic N) is 1. The summed E-state index contributed by atoms with van der Waals surface area (Å²) in [6, 6.07) is 16.3. The quantitative estimate of drug-likeness (QED) is 0.386. The van der Waals surface area contributed by atoms with Gasteiger partial charge in [-0.2, -0.15) is 5.10 Å². The van der Waals surface area contributed by atoms with Gasteiger partial charge >= 0.3 is 0 Å². The normalized spacial score (nSPS) is 11.3. The molecule has 0 aliphatic rings. The van der Waals surface area contributed by atoms with Gasteiger partial charge < -0.3 is 9.47 Å². The fraction of sp³-hybridized carbons (Fsp3) is 0.167. The molecule has 0 saturated carbocycles. The van der Waals surface area contributed by atoms with Gasteiger partial charge in [-0.05, 0) is 55.8 Å². The molecule has 2 N–H and O–H groups in total. The molecule has 0 aromatic heterocycles. The number of benzene rings is 3. The van der Waals surface area contributed by atoms with Crippen LogP contribution in [0, 0.1) is 13.8 Å². The maximum absolute atomic E-state index is 12.8. The van der Waals surface area contributed by atoms with E-state index in [2.05, 4.69) is 15.2 Å². The van der Waals surface area contributed by atoms with E-state index >= 15 is 0 Å². The zero-order valence-corrected chi connectivity index (χ0v) is 19.6. The number of methoxy groups -OCH3 is 2. The Morgan fingerprint density at radius 1 is 0.939 bits per heavy atom. The zero-order valence-electron chi connectivity index (χ0n) is 18.7. The number of sulfonamides is 1. The van der Waals surface area contributed by atoms with E-state index in [1.54, 1.807) is 24.3 Å². The van der Waals surface area contributed by atoms with Crippen LogP contribution in [-0.2, 0) is 10.0 Å². The Morgan fingerprint density at radius 3 is 2.27 bits per heavy atom. The molecule has 0 fully saturated rings. The number of carbonyl (C=O) groups excluding carboxylic acids is 1. The second kappa shape index (κ2) is 10.2. The molecule has 3 aromatic carbocycles. The van der Waals surface area contributed by atoms with E-state index in [0.717, 1.165) is 11.1 Å². The standard InChI is InChI=1S/C24H25N3O5S/c1-16-8-9-23(17(2)10-16)27-33(29,30)22-7-5-6-19(13-22)24(28)26-25-15-18-11-20(31-3)14-21(12-18)32-4/h5-15,27H,1-4H3,(H,26,28)/b25-15+. The van der Waals surface area contributed by atoms with Crippen LogP contribution in [0.15, 0.2) is 70.7 Å². The van der Waals surface area contributed by atoms with Crippen LogP contribution in [0.1, 0.15) is 27.0 Å². The van der Waals surface area contributed by atoms with Crippen molar-refractivity contribution in [2.24, 2.45) is 5.10 Å². The third kappa shape index (κ3) is 6.11. The first-order chi connectivity index (χ1) is 15.7. The van der Waals surface area contributed by atoms with Crippen molar-refractivity contribution < 1.29 is 22.7 Å². The van der Waals surface area contributed by atoms with Crippen molar-refractivity contribution in [3.8, 4) is 11.5 Å². The minimum atomic E-state index is -3.88. The van der Waals surface area contributed by atoms with Crippen LogP contribution >= 0.6 is 0 Å². The lowest BCUT2D eigenvalue weighted by Crippen LogP contribution is -2.19. The molecule has 0 spiro atoms. The third-order valence-electron chi connectivity index (χ3n) is 4.79. The zero-order chi connectivity index (χ0) is 24.0. The first-order valence-corrected chi connectivity index (χ1v) is 11.5. The van der Waals surface area contributed by atoms with E-state index in [1.165, 1.54) is 44.7 Å². The van der Waals surface area contributed by atoms with Gasteiger partial charge in [0.15, 0.2) is 0 Å². The average molecular weight is 468 g/mol. The van der Waals surface area contributed by atoms with Gasteiger partial charge in [0.1, 0.15) is 11.5 Å². The minimum Gasteiger partial charge on any atom is -0.497 e. The topological polar surface area (TPSA) is 106 Å². The summed E-state index contributed by atoms with van der Waals surface area (Å²) >= 11 is 0. The van der Waals surface area contributed by atoms with Gasteiger partial charge in [0.25, 0.3) is 15.9 Å². The summed E-state index contributed by atoms with van der Waals surface area (Å²) in [5.41, 5.74) is 5.52. The number of hydrogen-bond acceptors (Lipinski definition) is 6. The summed E-state index contributed by atoms with van der Waals surface area (Å²) in [6.07, 6.45) is 1.44. The molecule has 9 heteroatoms. The molecule has 0 aliphatic heterocycles. The number of anilines is 1. The largest absolute Gasteiger partial charge is 0.497 e. The van der Waals surface area contributed by atoms with E-state index in [1.807, 2.05) is 26.0 Å². The molecular formula is C24H25N3O5S. The maximum atomic E-state index is 12.8. The first kappa shape index (κ1) is 23.8. The molecule has 0 aliphatic carbocycles. The molecule has 0 saturated heterocycles. The minimum absolute atomic E-state index is 0.0309. The molecule has 0 atom stereocenters. The SMILES string of the molecule is COc1cc(/C=N/NC(=O)c2cccc(S(=O)(=O)Nc3ccc(C)cc3C)c2)cc(OC)c1. The van der Waals surface area contributed by atoms with E-state index < -0.39 is 15.9 Å². The predicted molar refractivity (Wildman–Crippen MR) is 128 cm³/mol. The number of hydrazone groups is 1. The molecule has 3 aromatic rings. The van der Waals surface area contributed by atoms with Gasteiger partial charge in [-0.25, -0.2) is 13.8 Å². The van der Waals surface area contributed by atoms with Crippen molar-refractivity contribution >= 4 is 27.8 Å². The lowest BCUT2D eigenvalue weighted by Gasteiger charge is -2.12. The number of rotatable bonds is 8. The summed E-state index contributed by atoms with van der Waals surface area (Å²) in [5.74, 6) is 0.609. The van der Waals surface area contributed by atoms with Crippen molar-refractivity contribution in [3.63, 3.8) is 0 Å². The lowest BCUT2D eigenvalue weighted by molar-refractivity contribution is 0.0955. The molecular weight excluding hydrogens is 442 g/mol. The molecule has 0 bridgehead atoms. The van der Waals surface area contributed by atoms with E-state index in [9.17, 15) is 13.2 Å². The van der Waals surface area contributed by atoms with Gasteiger partial charge in [-0.1, -0.05) is 23.8 Å². The van der Waals surface area contributed by atoms with Crippen molar-refractivity contribution in [1.82, 2.24) is 5.43 Å². The molecule has 0 radical (unpaired) electrons. The maximum Gasteiger partial charge on any atom is 0.271 e. The van der Waals surface area contributed by atoms with E-state index in [4.69, 9.17) is 9.47 Å². The van der Waals surface area contributed by atoms with Crippen molar-refractivity contribution in [2.75, 3.05) is 18.9 Å². The van der Waals surface area contributed by atoms with Crippen LogP contribution in [0.25, 0.3) is 0 Å². The lowest BCUT2D eigenvalue weighted by atomic mass is 10.1. The highest BCUT2D eigenvalue weighted by Gasteiger charge is 2.17. The van der Waals surface area contributed by atoms with Crippen LogP contribution < -0.4 is 19.6 Å². The highest BCUT2D eigenvalue weighted by molar-refractivity contribution is 7.92. The predicted octanol–water partition coefficient (Wildman–Crippen LogP) is 3.89. The van der Waals surface area contributed by atoms with Crippen molar-refractivity contribution in [1.29, 1.82) is 0 Å². The number of amides is 1. The van der Waals surface area contributed by atoms with Gasteiger partial charge in [0, 0.05) is 17.2 Å². The number of aryl methyl sites for hydroxylation is 2. The van der Waals surface area contributed by atoms with Crippen LogP contribution in [0.5, 0.6) is 11.5 Å². The Balaban J connectivity index is 1.75. The molecule has 0 heterocycles. The van der Waals surface area contributed by atoms with Crippen LogP contribution in [0.2, 0.25) is 0 Å². The number of ether oxygens (including phenoxy) is 2. The molecule has 33 heavy (non-hydrogen) atoms. The molecule has 172 valence electrons. The van der Waals surface area contributed by atoms with E-state index in [-0.39, 0.29) is 10.5 Å². The van der Waals surface area contributed by atoms with E-state index in [0.29, 0.717) is 22.7 Å². The van der Waals surface area contributed by atoms with Crippen molar-refractivity contribution in [3.05, 3.63) is 82.9 Å². The van der Waals surface area contributed by atoms with Gasteiger partial charge in [0.2, 0.25) is 0 Å². The van der Waals surface area contributed by atoms with Gasteiger partial charge in [-0.3, -0.25) is 9.52 Å². The summed E-state index contributed by atoms with van der Waals surface area (Å²) in [6.45, 7) is 3.76. The average Bonchev–Trinajstić information content (AvgIpc) is 2.80. The Labute approximate surface area is 193 Å². The Morgan fingerprint density at radius 2 is 1.64 bits per heavy atom. The monoisotopic (exact) mass is 467 g/mol. The Bertz CT molecular complexity index is 1280. The smallest absolute Gasteiger partial charge is 0.271 e. The molecule has 3 rings (SSSR count). The number of nitrogens with one attached hydrogen (secondary N) is 2. The van der Waals surface area contributed by atoms with Gasteiger partial charge in [0.05, 0.1) is 31.0 Å². The molecule has 8 nitrogen and oxygen atoms in total. The first-order valence-electron chi connectivity index (χ1n) is 9.98. The second-order valence-electron chi connectivity index (χ2n) is 7.30. The molecule has 1 amide bonds. The van der Waals surface area contributed by atoms with Crippen LogP contribution in [-0.4, -0.2) is 34.8 Å². The third-order valence-corrected chi connectivity index (χ3v) is 6.15. The Hall–Kier alpha value is -3.85. The highest BCUT2D eigenvalue weighted by atomic mass is 32.2. The summed E-state index contributed by atoms with van der Waals surface area (Å²) < 4.78 is 38.7. The molecule has 0 unspecified atom stereocenters. The fourth-order valence-electron chi connectivity index (χ4n) is 3.07. The summed E-state index contributed by atoms with van der Waals surface area (Å²) in [5, 5.41) is 3.95. The fourth-order valence-corrected chi connectivity index (χ4v) is 4.25. The van der Waals surface area contributed by atoms with Crippen molar-refractivity contribution in [2.45, 2.75) is 18.7 Å². The summed E-state index contributed by atoms with van der Waals surface area (Å²) in [7, 11) is -0.809.